The monoisotopic (exact) mass is 541 g/mol. The predicted octanol–water partition coefficient (Wildman–Crippen LogP) is 4.18. The summed E-state index contributed by atoms with van der Waals surface area (Å²) in [6.45, 7) is 7.86. The minimum Gasteiger partial charge on any atom is -0.493 e. The largest absolute Gasteiger partial charge is 0.493 e. The first-order chi connectivity index (χ1) is 17.0. The summed E-state index contributed by atoms with van der Waals surface area (Å²) in [5.74, 6) is -2.40. The molecule has 2 rings (SSSR count). The Balaban J connectivity index is 2.06. The summed E-state index contributed by atoms with van der Waals surface area (Å²) < 4.78 is 21.2. The lowest BCUT2D eigenvalue weighted by atomic mass is 10.0. The maximum absolute atomic E-state index is 12.9. The van der Waals surface area contributed by atoms with Crippen LogP contribution in [0.1, 0.15) is 56.7 Å². The van der Waals surface area contributed by atoms with E-state index in [2.05, 4.69) is 15.3 Å². The van der Waals surface area contributed by atoms with Crippen LogP contribution in [0.4, 0.5) is 0 Å². The van der Waals surface area contributed by atoms with Crippen LogP contribution < -0.4 is 14.8 Å². The van der Waals surface area contributed by atoms with Crippen molar-refractivity contribution < 1.29 is 33.3 Å². The third kappa shape index (κ3) is 7.69. The maximum Gasteiger partial charge on any atom is 0.328 e. The van der Waals surface area contributed by atoms with Gasteiger partial charge in [0.25, 0.3) is 5.91 Å². The van der Waals surface area contributed by atoms with Gasteiger partial charge in [-0.3, -0.25) is 14.6 Å². The molecule has 10 nitrogen and oxygen atoms in total. The van der Waals surface area contributed by atoms with Gasteiger partial charge in [-0.15, -0.1) is 0 Å². The van der Waals surface area contributed by atoms with Crippen molar-refractivity contribution in [2.24, 2.45) is 5.92 Å². The predicted molar refractivity (Wildman–Crippen MR) is 132 cm³/mol. The van der Waals surface area contributed by atoms with E-state index in [9.17, 15) is 14.4 Å². The standard InChI is InChI=1S/C24H29Cl2N3O7/c1-12(2)23(31)35-11-34-21-18(33-6)7-8-27-20(21)22(30)29-14(4)24(32)36-15(5)13(3)19-17(26)9-16(25)10-28-19/h7-10,12-15H,11H2,1-6H3,(H,29,30)/t13-,14-,15+/m0/s1. The summed E-state index contributed by atoms with van der Waals surface area (Å²) in [4.78, 5) is 45.5. The molecule has 0 aliphatic carbocycles. The van der Waals surface area contributed by atoms with E-state index in [1.165, 1.54) is 32.5 Å². The number of esters is 2. The number of nitrogens with one attached hydrogen (secondary N) is 1. The number of pyridine rings is 2. The third-order valence-corrected chi connectivity index (χ3v) is 5.66. The lowest BCUT2D eigenvalue weighted by molar-refractivity contribution is -0.154. The Labute approximate surface area is 219 Å². The highest BCUT2D eigenvalue weighted by atomic mass is 35.5. The van der Waals surface area contributed by atoms with Crippen LogP contribution in [0, 0.1) is 5.92 Å². The van der Waals surface area contributed by atoms with E-state index in [-0.39, 0.29) is 29.0 Å². The van der Waals surface area contributed by atoms with Crippen LogP contribution in [0.5, 0.6) is 11.5 Å². The van der Waals surface area contributed by atoms with Gasteiger partial charge in [0.2, 0.25) is 6.79 Å². The van der Waals surface area contributed by atoms with Crippen molar-refractivity contribution in [3.8, 4) is 11.5 Å². The molecule has 0 aromatic carbocycles. The van der Waals surface area contributed by atoms with E-state index < -0.39 is 36.8 Å². The maximum atomic E-state index is 12.9. The molecule has 0 bridgehead atoms. The molecule has 0 unspecified atom stereocenters. The molecule has 0 radical (unpaired) electrons. The van der Waals surface area contributed by atoms with Crippen molar-refractivity contribution in [3.63, 3.8) is 0 Å². The number of nitrogens with zero attached hydrogens (tertiary/aromatic N) is 2. The molecule has 196 valence electrons. The van der Waals surface area contributed by atoms with Gasteiger partial charge in [-0.05, 0) is 19.9 Å². The summed E-state index contributed by atoms with van der Waals surface area (Å²) in [5.41, 5.74) is 0.367. The number of ether oxygens (including phenoxy) is 4. The Bertz CT molecular complexity index is 1100. The zero-order valence-electron chi connectivity index (χ0n) is 20.8. The molecule has 2 heterocycles. The number of hydrogen-bond donors (Lipinski definition) is 1. The van der Waals surface area contributed by atoms with Gasteiger partial charge in [0, 0.05) is 24.4 Å². The third-order valence-electron chi connectivity index (χ3n) is 5.15. The molecular weight excluding hydrogens is 513 g/mol. The number of carbonyl (C=O) groups is 3. The van der Waals surface area contributed by atoms with Crippen LogP contribution in [-0.2, 0) is 19.1 Å². The lowest BCUT2D eigenvalue weighted by Crippen LogP contribution is -2.41. The molecule has 0 saturated carbocycles. The number of hydrogen-bond acceptors (Lipinski definition) is 9. The minimum absolute atomic E-state index is 0.0416. The van der Waals surface area contributed by atoms with Crippen LogP contribution in [0.3, 0.4) is 0 Å². The van der Waals surface area contributed by atoms with E-state index in [1.54, 1.807) is 33.8 Å². The van der Waals surface area contributed by atoms with Crippen molar-refractivity contribution in [2.75, 3.05) is 13.9 Å². The fraction of sp³-hybridized carbons (Fsp3) is 0.458. The van der Waals surface area contributed by atoms with E-state index in [0.717, 1.165) is 0 Å². The van der Waals surface area contributed by atoms with Crippen molar-refractivity contribution in [1.82, 2.24) is 15.3 Å². The molecule has 0 spiro atoms. The zero-order chi connectivity index (χ0) is 27.0. The second-order valence-electron chi connectivity index (χ2n) is 8.22. The summed E-state index contributed by atoms with van der Waals surface area (Å²) in [7, 11) is 1.38. The van der Waals surface area contributed by atoms with E-state index in [4.69, 9.17) is 42.1 Å². The fourth-order valence-electron chi connectivity index (χ4n) is 2.90. The molecule has 0 fully saturated rings. The van der Waals surface area contributed by atoms with Crippen molar-refractivity contribution in [3.05, 3.63) is 46.0 Å². The first kappa shape index (κ1) is 29.1. The number of aromatic nitrogens is 2. The Kier molecular flexibility index (Phi) is 10.7. The average Bonchev–Trinajstić information content (AvgIpc) is 2.83. The molecule has 0 saturated heterocycles. The van der Waals surface area contributed by atoms with Crippen LogP contribution in [-0.4, -0.2) is 53.9 Å². The molecule has 1 N–H and O–H groups in total. The van der Waals surface area contributed by atoms with Gasteiger partial charge in [0.15, 0.2) is 17.2 Å². The van der Waals surface area contributed by atoms with Crippen molar-refractivity contribution in [2.45, 2.75) is 52.7 Å². The van der Waals surface area contributed by atoms with Gasteiger partial charge in [-0.25, -0.2) is 9.78 Å². The number of amides is 1. The van der Waals surface area contributed by atoms with E-state index in [1.807, 2.05) is 0 Å². The van der Waals surface area contributed by atoms with Gasteiger partial charge in [0.05, 0.1) is 28.8 Å². The topological polar surface area (TPSA) is 126 Å². The van der Waals surface area contributed by atoms with Gasteiger partial charge < -0.3 is 24.3 Å². The molecule has 0 aliphatic heterocycles. The van der Waals surface area contributed by atoms with Crippen molar-refractivity contribution >= 4 is 41.0 Å². The Morgan fingerprint density at radius 3 is 2.36 bits per heavy atom. The zero-order valence-corrected chi connectivity index (χ0v) is 22.3. The molecule has 2 aromatic heterocycles. The summed E-state index contributed by atoms with van der Waals surface area (Å²) >= 11 is 12.1. The highest BCUT2D eigenvalue weighted by Gasteiger charge is 2.27. The first-order valence-electron chi connectivity index (χ1n) is 11.1. The van der Waals surface area contributed by atoms with Crippen LogP contribution in [0.25, 0.3) is 0 Å². The Morgan fingerprint density at radius 1 is 1.06 bits per heavy atom. The summed E-state index contributed by atoms with van der Waals surface area (Å²) in [6, 6.07) is 2.01. The Hall–Kier alpha value is -3.11. The smallest absolute Gasteiger partial charge is 0.328 e. The van der Waals surface area contributed by atoms with Crippen LogP contribution in [0.2, 0.25) is 10.0 Å². The minimum atomic E-state index is -1.03. The number of halogens is 2. The fourth-order valence-corrected chi connectivity index (χ4v) is 3.45. The molecule has 36 heavy (non-hydrogen) atoms. The molecule has 2 aromatic rings. The second-order valence-corrected chi connectivity index (χ2v) is 9.06. The van der Waals surface area contributed by atoms with Gasteiger partial charge in [-0.2, -0.15) is 0 Å². The highest BCUT2D eigenvalue weighted by Crippen LogP contribution is 2.30. The lowest BCUT2D eigenvalue weighted by Gasteiger charge is -2.23. The van der Waals surface area contributed by atoms with Crippen LogP contribution in [0.15, 0.2) is 24.5 Å². The molecule has 12 heteroatoms. The number of carbonyl (C=O) groups excluding carboxylic acids is 3. The molecule has 3 atom stereocenters. The van der Waals surface area contributed by atoms with Gasteiger partial charge >= 0.3 is 11.9 Å². The van der Waals surface area contributed by atoms with E-state index in [0.29, 0.717) is 15.7 Å². The normalized spacial score (nSPS) is 13.4. The van der Waals surface area contributed by atoms with Crippen molar-refractivity contribution in [1.29, 1.82) is 0 Å². The SMILES string of the molecule is COc1ccnc(C(=O)N[C@@H](C)C(=O)O[C@H](C)[C@H](C)c2ncc(Cl)cc2Cl)c1OCOC(=O)C(C)C. The van der Waals surface area contributed by atoms with Crippen LogP contribution >= 0.6 is 23.2 Å². The molecule has 0 aliphatic rings. The summed E-state index contributed by atoms with van der Waals surface area (Å²) in [6.07, 6.45) is 2.20. The summed E-state index contributed by atoms with van der Waals surface area (Å²) in [5, 5.41) is 3.28. The Morgan fingerprint density at radius 2 is 1.75 bits per heavy atom. The quantitative estimate of drug-likeness (QED) is 0.329. The van der Waals surface area contributed by atoms with E-state index >= 15 is 0 Å². The highest BCUT2D eigenvalue weighted by molar-refractivity contribution is 6.34. The number of methoxy groups -OCH3 is 1. The van der Waals surface area contributed by atoms with Gasteiger partial charge in [0.1, 0.15) is 12.1 Å². The molecule has 1 amide bonds. The first-order valence-corrected chi connectivity index (χ1v) is 11.9. The number of rotatable bonds is 11. The average molecular weight is 542 g/mol. The molecular formula is C24H29Cl2N3O7. The van der Waals surface area contributed by atoms with Gasteiger partial charge in [-0.1, -0.05) is 44.0 Å². The second kappa shape index (κ2) is 13.3.